The van der Waals surface area contributed by atoms with E-state index < -0.39 is 49.7 Å². The van der Waals surface area contributed by atoms with Gasteiger partial charge in [-0.2, -0.15) is 0 Å². The summed E-state index contributed by atoms with van der Waals surface area (Å²) in [4.78, 5) is 4.00. The van der Waals surface area contributed by atoms with Gasteiger partial charge in [0, 0.05) is 18.2 Å². The van der Waals surface area contributed by atoms with Crippen molar-refractivity contribution in [3.05, 3.63) is 23.0 Å². The Labute approximate surface area is 188 Å². The zero-order valence-electron chi connectivity index (χ0n) is 18.7. The van der Waals surface area contributed by atoms with Gasteiger partial charge in [-0.05, 0) is 13.3 Å². The summed E-state index contributed by atoms with van der Waals surface area (Å²) in [6.45, 7) is 2.45. The Morgan fingerprint density at radius 3 is 2.31 bits per heavy atom. The van der Waals surface area contributed by atoms with Crippen molar-refractivity contribution in [2.75, 3.05) is 6.61 Å². The predicted octanol–water partition coefficient (Wildman–Crippen LogP) is 0.300. The molecular weight excluding hydrogens is 422 g/mol. The van der Waals surface area contributed by atoms with Crippen molar-refractivity contribution in [1.29, 1.82) is 0 Å². The first-order valence-electron chi connectivity index (χ1n) is 11.2. The highest BCUT2D eigenvalue weighted by atomic mass is 16.8. The smallest absolute Gasteiger partial charge is 0.199 e. The van der Waals surface area contributed by atoms with E-state index in [1.165, 1.54) is 13.1 Å². The third-order valence-electron chi connectivity index (χ3n) is 5.90. The number of aryl methyl sites for hydroxylation is 1. The Morgan fingerprint density at radius 1 is 1.03 bits per heavy atom. The van der Waals surface area contributed by atoms with Gasteiger partial charge in [0.1, 0.15) is 30.2 Å². The number of nitrogens with zero attached hydrogens (tertiary/aromatic N) is 1. The molecule has 1 saturated heterocycles. The molecule has 1 unspecified atom stereocenters. The first-order valence-corrected chi connectivity index (χ1v) is 11.2. The van der Waals surface area contributed by atoms with Crippen molar-refractivity contribution >= 4 is 0 Å². The lowest BCUT2D eigenvalue weighted by molar-refractivity contribution is -0.369. The minimum absolute atomic E-state index is 0.00183. The average Bonchev–Trinajstić information content (AvgIpc) is 2.78. The van der Waals surface area contributed by atoms with E-state index in [2.05, 4.69) is 11.9 Å². The summed E-state index contributed by atoms with van der Waals surface area (Å²) in [5.41, 5.74) is 0.236. The Morgan fingerprint density at radius 2 is 1.69 bits per heavy atom. The molecule has 0 aromatic carbocycles. The van der Waals surface area contributed by atoms with Gasteiger partial charge in [0.05, 0.1) is 24.5 Å². The molecule has 32 heavy (non-hydrogen) atoms. The second kappa shape index (κ2) is 12.2. The molecule has 0 amide bonds. The molecule has 1 aliphatic rings. The van der Waals surface area contributed by atoms with E-state index in [1.54, 1.807) is 0 Å². The topological polar surface area (TPSA) is 173 Å². The second-order valence-electron chi connectivity index (χ2n) is 8.37. The maximum absolute atomic E-state index is 11.6. The summed E-state index contributed by atoms with van der Waals surface area (Å²) in [5.74, 6) is -2.57. The van der Waals surface area contributed by atoms with Crippen LogP contribution in [-0.4, -0.2) is 78.0 Å². The van der Waals surface area contributed by atoms with Crippen molar-refractivity contribution < 1.29 is 45.2 Å². The van der Waals surface area contributed by atoms with E-state index in [4.69, 9.17) is 9.47 Å². The second-order valence-corrected chi connectivity index (χ2v) is 8.37. The van der Waals surface area contributed by atoms with Crippen LogP contribution in [0.25, 0.3) is 0 Å². The Hall–Kier alpha value is -1.37. The molecule has 184 valence electrons. The fourth-order valence-corrected chi connectivity index (χ4v) is 3.93. The van der Waals surface area contributed by atoms with Crippen molar-refractivity contribution in [2.45, 2.75) is 102 Å². The summed E-state index contributed by atoms with van der Waals surface area (Å²) in [5, 5.41) is 71.9. The van der Waals surface area contributed by atoms with Crippen LogP contribution in [0.3, 0.4) is 0 Å². The zero-order chi connectivity index (χ0) is 23.9. The number of ether oxygens (including phenoxy) is 2. The molecule has 10 heteroatoms. The lowest BCUT2D eigenvalue weighted by Crippen LogP contribution is -2.60. The van der Waals surface area contributed by atoms with Crippen molar-refractivity contribution in [3.63, 3.8) is 0 Å². The number of hydrogen-bond acceptors (Lipinski definition) is 10. The number of unbranched alkanes of at least 4 members (excludes halogenated alkanes) is 5. The van der Waals surface area contributed by atoms with Gasteiger partial charge < -0.3 is 45.2 Å². The maximum atomic E-state index is 11.6. The highest BCUT2D eigenvalue weighted by Gasteiger charge is 2.48. The normalized spacial score (nSPS) is 27.9. The zero-order valence-corrected chi connectivity index (χ0v) is 18.7. The monoisotopic (exact) mass is 459 g/mol. The van der Waals surface area contributed by atoms with E-state index in [-0.39, 0.29) is 29.0 Å². The molecule has 2 rings (SSSR count). The first kappa shape index (κ1) is 26.9. The Balaban J connectivity index is 2.34. The molecule has 2 heterocycles. The van der Waals surface area contributed by atoms with Gasteiger partial charge in [-0.3, -0.25) is 4.98 Å². The fourth-order valence-electron chi connectivity index (χ4n) is 3.93. The number of aliphatic hydroxyl groups excluding tert-OH is 5. The number of aliphatic hydroxyl groups is 6. The van der Waals surface area contributed by atoms with Gasteiger partial charge in [0.15, 0.2) is 12.1 Å². The SMILES string of the molecule is CCCCCCCC[C@@](O)(OC1O[C@H](CO)[C@@H](O)[C@H](O)[C@H]1O)c1c(CO)cnc(C)c1O. The van der Waals surface area contributed by atoms with Crippen molar-refractivity contribution in [1.82, 2.24) is 4.98 Å². The van der Waals surface area contributed by atoms with E-state index >= 15 is 0 Å². The molecule has 0 radical (unpaired) electrons. The average molecular weight is 460 g/mol. The molecule has 1 aromatic heterocycles. The van der Waals surface area contributed by atoms with Gasteiger partial charge in [-0.25, -0.2) is 0 Å². The predicted molar refractivity (Wildman–Crippen MR) is 113 cm³/mol. The molecule has 0 spiro atoms. The maximum Gasteiger partial charge on any atom is 0.199 e. The molecule has 0 aliphatic carbocycles. The highest BCUT2D eigenvalue weighted by molar-refractivity contribution is 5.43. The lowest BCUT2D eigenvalue weighted by atomic mass is 9.93. The summed E-state index contributed by atoms with van der Waals surface area (Å²) >= 11 is 0. The molecule has 10 nitrogen and oxygen atoms in total. The molecule has 0 bridgehead atoms. The van der Waals surface area contributed by atoms with Gasteiger partial charge in [0.25, 0.3) is 0 Å². The van der Waals surface area contributed by atoms with Gasteiger partial charge in [-0.1, -0.05) is 39.0 Å². The molecular formula is C22H37NO9. The van der Waals surface area contributed by atoms with Crippen LogP contribution in [0.2, 0.25) is 0 Å². The minimum Gasteiger partial charge on any atom is -0.506 e. The Bertz CT molecular complexity index is 717. The summed E-state index contributed by atoms with van der Waals surface area (Å²) < 4.78 is 11.1. The number of hydrogen-bond donors (Lipinski definition) is 7. The lowest BCUT2D eigenvalue weighted by Gasteiger charge is -2.43. The van der Waals surface area contributed by atoms with Crippen LogP contribution in [-0.2, 0) is 21.9 Å². The summed E-state index contributed by atoms with van der Waals surface area (Å²) in [6, 6.07) is 0. The Kier molecular flexibility index (Phi) is 10.2. The molecule has 0 saturated carbocycles. The summed E-state index contributed by atoms with van der Waals surface area (Å²) in [6.07, 6.45) is -1.06. The van der Waals surface area contributed by atoms with Crippen LogP contribution < -0.4 is 0 Å². The molecule has 6 atom stereocenters. The highest BCUT2D eigenvalue weighted by Crippen LogP contribution is 2.41. The standard InChI is InChI=1S/C22H37NO9/c1-3-4-5-6-7-8-9-22(30,16-14(11-24)10-23-13(2)17(16)26)32-21-20(29)19(28)18(27)15(12-25)31-21/h10,15,18-21,24-30H,3-9,11-12H2,1-2H3/t15-,18-,19+,20-,21?,22-/m1/s1. The van der Waals surface area contributed by atoms with Crippen LogP contribution >= 0.6 is 0 Å². The molecule has 1 aliphatic heterocycles. The quantitative estimate of drug-likeness (QED) is 0.170. The first-order chi connectivity index (χ1) is 15.2. The van der Waals surface area contributed by atoms with E-state index in [0.29, 0.717) is 6.42 Å². The number of aromatic nitrogens is 1. The van der Waals surface area contributed by atoms with E-state index in [1.807, 2.05) is 0 Å². The van der Waals surface area contributed by atoms with Crippen LogP contribution in [0.5, 0.6) is 5.75 Å². The van der Waals surface area contributed by atoms with Crippen LogP contribution in [0.4, 0.5) is 0 Å². The molecule has 1 fully saturated rings. The third-order valence-corrected chi connectivity index (χ3v) is 5.90. The molecule has 7 N–H and O–H groups in total. The van der Waals surface area contributed by atoms with Crippen molar-refractivity contribution in [2.24, 2.45) is 0 Å². The van der Waals surface area contributed by atoms with Gasteiger partial charge >= 0.3 is 0 Å². The summed E-state index contributed by atoms with van der Waals surface area (Å²) in [7, 11) is 0. The van der Waals surface area contributed by atoms with E-state index in [9.17, 15) is 35.7 Å². The van der Waals surface area contributed by atoms with Crippen molar-refractivity contribution in [3.8, 4) is 5.75 Å². The van der Waals surface area contributed by atoms with Gasteiger partial charge in [0.2, 0.25) is 0 Å². The number of rotatable bonds is 12. The van der Waals surface area contributed by atoms with E-state index in [0.717, 1.165) is 32.1 Å². The number of aromatic hydroxyl groups is 1. The molecule has 1 aromatic rings. The number of pyridine rings is 1. The largest absolute Gasteiger partial charge is 0.506 e. The van der Waals surface area contributed by atoms with Crippen LogP contribution in [0.1, 0.15) is 68.7 Å². The minimum atomic E-state index is -2.20. The fraction of sp³-hybridized carbons (Fsp3) is 0.773. The third kappa shape index (κ3) is 6.15. The van der Waals surface area contributed by atoms with Crippen LogP contribution in [0, 0.1) is 6.92 Å². The van der Waals surface area contributed by atoms with Crippen LogP contribution in [0.15, 0.2) is 6.20 Å². The van der Waals surface area contributed by atoms with Gasteiger partial charge in [-0.15, -0.1) is 0 Å².